The van der Waals surface area contributed by atoms with Crippen LogP contribution in [0.25, 0.3) is 6.08 Å². The van der Waals surface area contributed by atoms with Gasteiger partial charge in [0.15, 0.2) is 0 Å². The molecule has 0 atom stereocenters. The molecule has 0 aliphatic carbocycles. The van der Waals surface area contributed by atoms with Crippen molar-refractivity contribution in [3.63, 3.8) is 0 Å². The highest BCUT2D eigenvalue weighted by Gasteiger charge is 2.36. The number of hydrogen-bond donors (Lipinski definition) is 1. The van der Waals surface area contributed by atoms with Crippen LogP contribution in [0.2, 0.25) is 0 Å². The second-order valence-electron chi connectivity index (χ2n) is 8.01. The summed E-state index contributed by atoms with van der Waals surface area (Å²) in [4.78, 5) is 41.3. The number of ether oxygens (including phenoxy) is 1. The topological polar surface area (TPSA) is 79.0 Å². The summed E-state index contributed by atoms with van der Waals surface area (Å²) in [7, 11) is 0. The minimum atomic E-state index is -0.449. The van der Waals surface area contributed by atoms with Crippen molar-refractivity contribution in [2.45, 2.75) is 26.7 Å². The molecule has 0 bridgehead atoms. The van der Waals surface area contributed by atoms with Gasteiger partial charge in [-0.3, -0.25) is 19.3 Å². The Morgan fingerprint density at radius 1 is 1.12 bits per heavy atom. The Kier molecular flexibility index (Phi) is 7.03. The maximum Gasteiger partial charge on any atom is 0.294 e. The molecule has 0 unspecified atom stereocenters. The zero-order valence-electron chi connectivity index (χ0n) is 18.8. The van der Waals surface area contributed by atoms with Gasteiger partial charge in [-0.15, -0.1) is 0 Å². The fourth-order valence-corrected chi connectivity index (χ4v) is 4.75. The molecule has 0 saturated carbocycles. The standard InChI is InChI=1S/C25H27N3O4S/c1-3-32-21-10-7-19(8-11-21)26-23(29)16-28-24(30)22(33-25(28)31)15-18-6-9-20(14-17(18)2)27-12-4-5-13-27/h6-11,14-15H,3-5,12-13,16H2,1-2H3,(H,26,29)/b22-15-. The van der Waals surface area contributed by atoms with Crippen molar-refractivity contribution in [1.82, 2.24) is 4.90 Å². The van der Waals surface area contributed by atoms with Crippen molar-refractivity contribution in [1.29, 1.82) is 0 Å². The Hall–Kier alpha value is -3.26. The molecule has 4 rings (SSSR count). The van der Waals surface area contributed by atoms with Crippen LogP contribution in [-0.4, -0.2) is 48.2 Å². The van der Waals surface area contributed by atoms with E-state index in [1.165, 1.54) is 18.5 Å². The first-order valence-electron chi connectivity index (χ1n) is 11.1. The lowest BCUT2D eigenvalue weighted by Gasteiger charge is -2.18. The molecule has 33 heavy (non-hydrogen) atoms. The van der Waals surface area contributed by atoms with Gasteiger partial charge in [0.2, 0.25) is 5.91 Å². The van der Waals surface area contributed by atoms with E-state index in [1.807, 2.05) is 19.9 Å². The monoisotopic (exact) mass is 465 g/mol. The van der Waals surface area contributed by atoms with Crippen molar-refractivity contribution in [2.24, 2.45) is 0 Å². The predicted molar refractivity (Wildman–Crippen MR) is 132 cm³/mol. The van der Waals surface area contributed by atoms with Crippen LogP contribution in [0, 0.1) is 6.92 Å². The third-order valence-electron chi connectivity index (χ3n) is 5.64. The summed E-state index contributed by atoms with van der Waals surface area (Å²) in [5.74, 6) is -0.181. The lowest BCUT2D eigenvalue weighted by atomic mass is 10.1. The predicted octanol–water partition coefficient (Wildman–Crippen LogP) is 4.67. The number of anilines is 2. The van der Waals surface area contributed by atoms with Crippen LogP contribution in [0.1, 0.15) is 30.9 Å². The third kappa shape index (κ3) is 5.39. The maximum absolute atomic E-state index is 12.8. The van der Waals surface area contributed by atoms with E-state index in [4.69, 9.17) is 4.74 Å². The first kappa shape index (κ1) is 22.9. The van der Waals surface area contributed by atoms with Crippen LogP contribution < -0.4 is 15.0 Å². The van der Waals surface area contributed by atoms with Gasteiger partial charge < -0.3 is 15.0 Å². The average Bonchev–Trinajstić information content (AvgIpc) is 3.42. The molecule has 0 radical (unpaired) electrons. The van der Waals surface area contributed by atoms with Gasteiger partial charge in [0.05, 0.1) is 11.5 Å². The number of thioether (sulfide) groups is 1. The van der Waals surface area contributed by atoms with E-state index in [0.717, 1.165) is 40.9 Å². The van der Waals surface area contributed by atoms with Crippen molar-refractivity contribution >= 4 is 46.3 Å². The van der Waals surface area contributed by atoms with Gasteiger partial charge in [-0.05, 0) is 92.1 Å². The Morgan fingerprint density at radius 2 is 1.85 bits per heavy atom. The van der Waals surface area contributed by atoms with Crippen LogP contribution in [0.3, 0.4) is 0 Å². The second-order valence-corrected chi connectivity index (χ2v) is 9.00. The van der Waals surface area contributed by atoms with Crippen molar-refractivity contribution < 1.29 is 19.1 Å². The summed E-state index contributed by atoms with van der Waals surface area (Å²) < 4.78 is 5.38. The molecule has 1 N–H and O–H groups in total. The Labute approximate surface area is 197 Å². The highest BCUT2D eigenvalue weighted by Crippen LogP contribution is 2.33. The van der Waals surface area contributed by atoms with Gasteiger partial charge in [-0.25, -0.2) is 0 Å². The summed E-state index contributed by atoms with van der Waals surface area (Å²) in [6, 6.07) is 13.1. The molecule has 3 amide bonds. The van der Waals surface area contributed by atoms with Gasteiger partial charge in [-0.2, -0.15) is 0 Å². The zero-order valence-corrected chi connectivity index (χ0v) is 19.6. The second kappa shape index (κ2) is 10.1. The lowest BCUT2D eigenvalue weighted by Crippen LogP contribution is -2.36. The largest absolute Gasteiger partial charge is 0.494 e. The quantitative estimate of drug-likeness (QED) is 0.599. The number of amides is 3. The molecule has 2 aromatic carbocycles. The van der Waals surface area contributed by atoms with E-state index in [1.54, 1.807) is 30.3 Å². The average molecular weight is 466 g/mol. The van der Waals surface area contributed by atoms with E-state index in [9.17, 15) is 14.4 Å². The molecule has 0 spiro atoms. The number of hydrogen-bond acceptors (Lipinski definition) is 6. The molecule has 172 valence electrons. The van der Waals surface area contributed by atoms with E-state index in [-0.39, 0.29) is 6.54 Å². The smallest absolute Gasteiger partial charge is 0.294 e. The summed E-state index contributed by atoms with van der Waals surface area (Å²) in [5, 5.41) is 2.27. The molecule has 0 aromatic heterocycles. The lowest BCUT2D eigenvalue weighted by molar-refractivity contribution is -0.127. The highest BCUT2D eigenvalue weighted by atomic mass is 32.2. The van der Waals surface area contributed by atoms with Gasteiger partial charge >= 0.3 is 0 Å². The SMILES string of the molecule is CCOc1ccc(NC(=O)CN2C(=O)S/C(=C\c3ccc(N4CCCC4)cc3C)C2=O)cc1. The number of nitrogens with zero attached hydrogens (tertiary/aromatic N) is 2. The van der Waals surface area contributed by atoms with Crippen molar-refractivity contribution in [3.8, 4) is 5.75 Å². The molecule has 2 aromatic rings. The summed E-state index contributed by atoms with van der Waals surface area (Å²) >= 11 is 0.862. The van der Waals surface area contributed by atoms with Gasteiger partial charge in [0.1, 0.15) is 12.3 Å². The molecule has 8 heteroatoms. The summed E-state index contributed by atoms with van der Waals surface area (Å²) in [6.07, 6.45) is 4.15. The van der Waals surface area contributed by atoms with E-state index < -0.39 is 17.1 Å². The minimum Gasteiger partial charge on any atom is -0.494 e. The normalized spacial score (nSPS) is 17.2. The number of aryl methyl sites for hydroxylation is 1. The number of imide groups is 1. The fourth-order valence-electron chi connectivity index (χ4n) is 3.92. The first-order valence-corrected chi connectivity index (χ1v) is 11.9. The molecular weight excluding hydrogens is 438 g/mol. The fraction of sp³-hybridized carbons (Fsp3) is 0.320. The number of carbonyl (C=O) groups is 3. The molecule has 2 saturated heterocycles. The Balaban J connectivity index is 1.40. The summed E-state index contributed by atoms with van der Waals surface area (Å²) in [6.45, 7) is 6.25. The van der Waals surface area contributed by atoms with Gasteiger partial charge in [-0.1, -0.05) is 6.07 Å². The first-order chi connectivity index (χ1) is 15.9. The van der Waals surface area contributed by atoms with Crippen molar-refractivity contribution in [3.05, 3.63) is 58.5 Å². The van der Waals surface area contributed by atoms with Crippen LogP contribution in [0.5, 0.6) is 5.75 Å². The van der Waals surface area contributed by atoms with Crippen LogP contribution in [0.4, 0.5) is 16.2 Å². The molecule has 7 nitrogen and oxygen atoms in total. The number of rotatable bonds is 7. The minimum absolute atomic E-state index is 0.325. The molecular formula is C25H27N3O4S. The van der Waals surface area contributed by atoms with Crippen LogP contribution in [-0.2, 0) is 9.59 Å². The van der Waals surface area contributed by atoms with Gasteiger partial charge in [0.25, 0.3) is 11.1 Å². The molecule has 2 aliphatic heterocycles. The number of nitrogens with one attached hydrogen (secondary N) is 1. The van der Waals surface area contributed by atoms with Gasteiger partial charge in [0, 0.05) is 24.5 Å². The number of carbonyl (C=O) groups excluding carboxylic acids is 3. The van der Waals surface area contributed by atoms with Crippen LogP contribution >= 0.6 is 11.8 Å². The Bertz CT molecular complexity index is 1090. The third-order valence-corrected chi connectivity index (χ3v) is 6.54. The van der Waals surface area contributed by atoms with Crippen molar-refractivity contribution in [2.75, 3.05) is 36.5 Å². The van der Waals surface area contributed by atoms with Crippen LogP contribution in [0.15, 0.2) is 47.4 Å². The van der Waals surface area contributed by atoms with E-state index in [0.29, 0.717) is 22.9 Å². The molecule has 2 fully saturated rings. The maximum atomic E-state index is 12.8. The highest BCUT2D eigenvalue weighted by molar-refractivity contribution is 8.18. The van der Waals surface area contributed by atoms with E-state index >= 15 is 0 Å². The summed E-state index contributed by atoms with van der Waals surface area (Å²) in [5.41, 5.74) is 3.68. The molecule has 2 aliphatic rings. The zero-order chi connectivity index (χ0) is 23.4. The number of benzene rings is 2. The molecule has 2 heterocycles. The Morgan fingerprint density at radius 3 is 2.52 bits per heavy atom. The van der Waals surface area contributed by atoms with E-state index in [2.05, 4.69) is 22.3 Å².